The molecule has 4 heterocycles. The number of esters is 1. The second-order valence-corrected chi connectivity index (χ2v) is 6.67. The highest BCUT2D eigenvalue weighted by molar-refractivity contribution is 7.99. The first-order valence-electron chi connectivity index (χ1n) is 7.99. The number of hydrogen-bond donors (Lipinski definition) is 1. The Hall–Kier alpha value is -3.39. The summed E-state index contributed by atoms with van der Waals surface area (Å²) in [7, 11) is 1.31. The molecule has 4 aromatic rings. The van der Waals surface area contributed by atoms with E-state index in [2.05, 4.69) is 24.9 Å². The summed E-state index contributed by atoms with van der Waals surface area (Å²) in [6, 6.07) is 9.37. The summed E-state index contributed by atoms with van der Waals surface area (Å²) in [5, 5.41) is 7.02. The lowest BCUT2D eigenvalue weighted by molar-refractivity contribution is 0.0565. The number of ether oxygens (including phenoxy) is 1. The Morgan fingerprint density at radius 1 is 1.19 bits per heavy atom. The quantitative estimate of drug-likeness (QED) is 0.523. The zero-order valence-electron chi connectivity index (χ0n) is 14.2. The summed E-state index contributed by atoms with van der Waals surface area (Å²) >= 11 is 1.44. The molecule has 0 atom stereocenters. The number of H-pyrrole nitrogens is 1. The van der Waals surface area contributed by atoms with Crippen LogP contribution in [0.3, 0.4) is 0 Å². The lowest BCUT2D eigenvalue weighted by Crippen LogP contribution is -1.98. The van der Waals surface area contributed by atoms with Gasteiger partial charge in [0.1, 0.15) is 6.26 Å². The Morgan fingerprint density at radius 3 is 2.85 bits per heavy atom. The Kier molecular flexibility index (Phi) is 4.71. The van der Waals surface area contributed by atoms with Crippen LogP contribution < -0.4 is 0 Å². The molecule has 7 nitrogen and oxygen atoms in total. The number of nitrogens with one attached hydrogen (secondary N) is 1. The SMILES string of the molecule is COC(=O)c1cc(Sc2cnc(-c3cccnc3)c(-c3ccn[nH]3)c2)co1. The van der Waals surface area contributed by atoms with Gasteiger partial charge < -0.3 is 9.15 Å². The average molecular weight is 378 g/mol. The van der Waals surface area contributed by atoms with Crippen molar-refractivity contribution >= 4 is 17.7 Å². The zero-order chi connectivity index (χ0) is 18.6. The first kappa shape index (κ1) is 17.0. The topological polar surface area (TPSA) is 93.9 Å². The van der Waals surface area contributed by atoms with E-state index < -0.39 is 5.97 Å². The van der Waals surface area contributed by atoms with Crippen LogP contribution in [-0.2, 0) is 4.74 Å². The summed E-state index contributed by atoms with van der Waals surface area (Å²) in [4.78, 5) is 22.0. The molecular formula is C19H14N4O3S. The number of methoxy groups -OCH3 is 1. The van der Waals surface area contributed by atoms with Crippen molar-refractivity contribution in [3.8, 4) is 22.5 Å². The van der Waals surface area contributed by atoms with Crippen molar-refractivity contribution in [2.24, 2.45) is 0 Å². The van der Waals surface area contributed by atoms with Crippen LogP contribution in [0.15, 0.2) is 75.6 Å². The van der Waals surface area contributed by atoms with Crippen molar-refractivity contribution in [3.63, 3.8) is 0 Å². The highest BCUT2D eigenvalue weighted by atomic mass is 32.2. The molecule has 0 aliphatic heterocycles. The normalized spacial score (nSPS) is 10.7. The molecule has 0 saturated heterocycles. The maximum Gasteiger partial charge on any atom is 0.373 e. The molecule has 0 aromatic carbocycles. The zero-order valence-corrected chi connectivity index (χ0v) is 15.1. The third kappa shape index (κ3) is 3.61. The molecule has 0 saturated carbocycles. The number of rotatable bonds is 5. The second-order valence-electron chi connectivity index (χ2n) is 5.52. The second kappa shape index (κ2) is 7.46. The average Bonchev–Trinajstić information content (AvgIpc) is 3.40. The van der Waals surface area contributed by atoms with E-state index in [1.165, 1.54) is 25.1 Å². The van der Waals surface area contributed by atoms with Gasteiger partial charge in [0, 0.05) is 46.9 Å². The molecular weight excluding hydrogens is 364 g/mol. The van der Waals surface area contributed by atoms with Gasteiger partial charge in [-0.3, -0.25) is 15.1 Å². The van der Waals surface area contributed by atoms with Crippen LogP contribution in [0.2, 0.25) is 0 Å². The van der Waals surface area contributed by atoms with Gasteiger partial charge in [-0.05, 0) is 24.3 Å². The molecule has 134 valence electrons. The fourth-order valence-electron chi connectivity index (χ4n) is 2.56. The lowest BCUT2D eigenvalue weighted by atomic mass is 10.1. The molecule has 0 unspecified atom stereocenters. The Morgan fingerprint density at radius 2 is 2.11 bits per heavy atom. The number of furan rings is 1. The molecule has 0 bridgehead atoms. The summed E-state index contributed by atoms with van der Waals surface area (Å²) in [5.41, 5.74) is 3.47. The molecule has 0 aliphatic rings. The molecule has 27 heavy (non-hydrogen) atoms. The Labute approximate surface area is 158 Å². The molecule has 1 N–H and O–H groups in total. The molecule has 8 heteroatoms. The summed E-state index contributed by atoms with van der Waals surface area (Å²) in [6.45, 7) is 0. The fourth-order valence-corrected chi connectivity index (χ4v) is 3.38. The Bertz CT molecular complexity index is 1060. The molecule has 4 rings (SSSR count). The third-order valence-electron chi connectivity index (χ3n) is 3.79. The fraction of sp³-hybridized carbons (Fsp3) is 0.0526. The van der Waals surface area contributed by atoms with Gasteiger partial charge in [-0.1, -0.05) is 11.8 Å². The third-order valence-corrected chi connectivity index (χ3v) is 4.69. The number of carbonyl (C=O) groups is 1. The van der Waals surface area contributed by atoms with Crippen molar-refractivity contribution in [1.29, 1.82) is 0 Å². The van der Waals surface area contributed by atoms with Crippen LogP contribution in [0.4, 0.5) is 0 Å². The Balaban J connectivity index is 1.70. The van der Waals surface area contributed by atoms with E-state index in [4.69, 9.17) is 4.42 Å². The predicted octanol–water partition coefficient (Wildman–Crippen LogP) is 4.06. The van der Waals surface area contributed by atoms with Crippen LogP contribution in [0.5, 0.6) is 0 Å². The maximum atomic E-state index is 11.5. The lowest BCUT2D eigenvalue weighted by Gasteiger charge is -2.09. The molecule has 4 aromatic heterocycles. The minimum absolute atomic E-state index is 0.161. The van der Waals surface area contributed by atoms with Crippen LogP contribution in [0.25, 0.3) is 22.5 Å². The first-order valence-corrected chi connectivity index (χ1v) is 8.81. The van der Waals surface area contributed by atoms with Crippen molar-refractivity contribution < 1.29 is 13.9 Å². The van der Waals surface area contributed by atoms with Gasteiger partial charge >= 0.3 is 5.97 Å². The number of aromatic nitrogens is 4. The highest BCUT2D eigenvalue weighted by Crippen LogP contribution is 2.35. The number of carbonyl (C=O) groups excluding carboxylic acids is 1. The van der Waals surface area contributed by atoms with E-state index in [-0.39, 0.29) is 5.76 Å². The van der Waals surface area contributed by atoms with Crippen molar-refractivity contribution in [2.75, 3.05) is 7.11 Å². The van der Waals surface area contributed by atoms with E-state index in [9.17, 15) is 4.79 Å². The van der Waals surface area contributed by atoms with Gasteiger partial charge in [0.25, 0.3) is 0 Å². The number of aromatic amines is 1. The van der Waals surface area contributed by atoms with Crippen LogP contribution in [0, 0.1) is 0 Å². The number of hydrogen-bond acceptors (Lipinski definition) is 7. The first-order chi connectivity index (χ1) is 13.2. The van der Waals surface area contributed by atoms with Crippen molar-refractivity contribution in [1.82, 2.24) is 20.2 Å². The molecule has 0 fully saturated rings. The number of pyridine rings is 2. The van der Waals surface area contributed by atoms with Gasteiger partial charge in [0.05, 0.1) is 23.4 Å². The summed E-state index contributed by atoms with van der Waals surface area (Å²) in [5.74, 6) is -0.348. The molecule has 0 amide bonds. The van der Waals surface area contributed by atoms with E-state index in [1.54, 1.807) is 30.9 Å². The number of nitrogens with zero attached hydrogens (tertiary/aromatic N) is 3. The van der Waals surface area contributed by atoms with Crippen LogP contribution >= 0.6 is 11.8 Å². The summed E-state index contributed by atoms with van der Waals surface area (Å²) in [6.07, 6.45) is 8.48. The van der Waals surface area contributed by atoms with Gasteiger partial charge in [-0.25, -0.2) is 4.79 Å². The van der Waals surface area contributed by atoms with Gasteiger partial charge in [-0.2, -0.15) is 5.10 Å². The largest absolute Gasteiger partial charge is 0.463 e. The van der Waals surface area contributed by atoms with Gasteiger partial charge in [0.15, 0.2) is 0 Å². The highest BCUT2D eigenvalue weighted by Gasteiger charge is 2.15. The van der Waals surface area contributed by atoms with Gasteiger partial charge in [0.2, 0.25) is 5.76 Å². The molecule has 0 aliphatic carbocycles. The van der Waals surface area contributed by atoms with Gasteiger partial charge in [-0.15, -0.1) is 0 Å². The maximum absolute atomic E-state index is 11.5. The minimum Gasteiger partial charge on any atom is -0.463 e. The van der Waals surface area contributed by atoms with Crippen molar-refractivity contribution in [2.45, 2.75) is 9.79 Å². The summed E-state index contributed by atoms with van der Waals surface area (Å²) < 4.78 is 9.91. The molecule has 0 radical (unpaired) electrons. The monoisotopic (exact) mass is 378 g/mol. The predicted molar refractivity (Wildman–Crippen MR) is 99.2 cm³/mol. The van der Waals surface area contributed by atoms with Crippen LogP contribution in [-0.4, -0.2) is 33.2 Å². The van der Waals surface area contributed by atoms with E-state index >= 15 is 0 Å². The standard InChI is InChI=1S/C19H14N4O3S/c1-25-19(24)17-8-14(11-26-17)27-13-7-15(16-4-6-22-23-16)18(21-10-13)12-3-2-5-20-9-12/h2-11H,1H3,(H,22,23). The van der Waals surface area contributed by atoms with E-state index in [0.29, 0.717) is 0 Å². The van der Waals surface area contributed by atoms with Crippen molar-refractivity contribution in [3.05, 3.63) is 67.1 Å². The smallest absolute Gasteiger partial charge is 0.373 e. The minimum atomic E-state index is -0.509. The van der Waals surface area contributed by atoms with E-state index in [0.717, 1.165) is 32.3 Å². The van der Waals surface area contributed by atoms with E-state index in [1.807, 2.05) is 24.3 Å². The van der Waals surface area contributed by atoms with Crippen LogP contribution in [0.1, 0.15) is 10.6 Å². The molecule has 0 spiro atoms.